The Labute approximate surface area is 187 Å². The van der Waals surface area contributed by atoms with E-state index in [1.165, 1.54) is 11.8 Å². The number of piperidine rings is 1. The Kier molecular flexibility index (Phi) is 10.7. The molecule has 1 saturated heterocycles. The van der Waals surface area contributed by atoms with Crippen LogP contribution in [0, 0.1) is 0 Å². The number of carbonyl (C=O) groups is 1. The van der Waals surface area contributed by atoms with E-state index < -0.39 is 0 Å². The second-order valence-corrected chi connectivity index (χ2v) is 8.43. The van der Waals surface area contributed by atoms with Crippen LogP contribution in [0.2, 0.25) is 5.02 Å². The first-order valence-corrected chi connectivity index (χ1v) is 10.3. The van der Waals surface area contributed by atoms with E-state index >= 15 is 0 Å². The zero-order valence-electron chi connectivity index (χ0n) is 15.8. The molecule has 0 aliphatic carbocycles. The molecule has 0 spiro atoms. The molecular formula is C19H26Cl3N3O2S. The standard InChI is InChI=1S/C19H24ClN3O2S.2ClH/c1-12-9-16(7-8-21-12)23-19(24)13(2)26-11-18-22-10-17(25-18)14-3-5-15(20)6-4-14;;/h3-6,10,12-13,16,21H,7-9,11H2,1-2H3,(H,23,24);2*1H. The summed E-state index contributed by atoms with van der Waals surface area (Å²) in [5.74, 6) is 1.97. The van der Waals surface area contributed by atoms with Crippen LogP contribution in [0.4, 0.5) is 0 Å². The highest BCUT2D eigenvalue weighted by molar-refractivity contribution is 7.99. The molecule has 1 fully saturated rings. The van der Waals surface area contributed by atoms with Gasteiger partial charge in [-0.2, -0.15) is 0 Å². The molecule has 0 bridgehead atoms. The van der Waals surface area contributed by atoms with Gasteiger partial charge in [0.1, 0.15) is 0 Å². The van der Waals surface area contributed by atoms with Crippen LogP contribution in [0.1, 0.15) is 32.6 Å². The minimum atomic E-state index is -0.147. The summed E-state index contributed by atoms with van der Waals surface area (Å²) in [4.78, 5) is 16.7. The van der Waals surface area contributed by atoms with E-state index in [1.807, 2.05) is 31.2 Å². The lowest BCUT2D eigenvalue weighted by Crippen LogP contribution is -2.48. The smallest absolute Gasteiger partial charge is 0.233 e. The molecule has 3 atom stereocenters. The molecule has 156 valence electrons. The Balaban J connectivity index is 0.00000196. The van der Waals surface area contributed by atoms with E-state index in [0.29, 0.717) is 28.5 Å². The van der Waals surface area contributed by atoms with E-state index in [0.717, 1.165) is 24.9 Å². The molecule has 3 unspecified atom stereocenters. The lowest BCUT2D eigenvalue weighted by atomic mass is 10.0. The van der Waals surface area contributed by atoms with Crippen molar-refractivity contribution < 1.29 is 9.21 Å². The summed E-state index contributed by atoms with van der Waals surface area (Å²) in [5, 5.41) is 7.09. The van der Waals surface area contributed by atoms with Crippen molar-refractivity contribution in [3.8, 4) is 11.3 Å². The number of rotatable bonds is 6. The number of benzene rings is 1. The number of carbonyl (C=O) groups excluding carboxylic acids is 1. The number of nitrogens with zero attached hydrogens (tertiary/aromatic N) is 1. The monoisotopic (exact) mass is 465 g/mol. The second kappa shape index (κ2) is 11.9. The van der Waals surface area contributed by atoms with Crippen LogP contribution in [0.5, 0.6) is 0 Å². The number of aromatic nitrogens is 1. The molecule has 3 rings (SSSR count). The highest BCUT2D eigenvalue weighted by atomic mass is 35.5. The van der Waals surface area contributed by atoms with Crippen molar-refractivity contribution in [3.05, 3.63) is 41.4 Å². The maximum absolute atomic E-state index is 12.4. The fourth-order valence-electron chi connectivity index (χ4n) is 2.98. The molecule has 2 aromatic rings. The Morgan fingerprint density at radius 3 is 2.79 bits per heavy atom. The minimum Gasteiger partial charge on any atom is -0.440 e. The predicted molar refractivity (Wildman–Crippen MR) is 121 cm³/mol. The fourth-order valence-corrected chi connectivity index (χ4v) is 3.85. The van der Waals surface area contributed by atoms with Gasteiger partial charge in [-0.15, -0.1) is 36.6 Å². The zero-order chi connectivity index (χ0) is 18.5. The summed E-state index contributed by atoms with van der Waals surface area (Å²) in [6.45, 7) is 5.03. The van der Waals surface area contributed by atoms with Gasteiger partial charge >= 0.3 is 0 Å². The summed E-state index contributed by atoms with van der Waals surface area (Å²) in [6, 6.07) is 8.16. The van der Waals surface area contributed by atoms with E-state index in [2.05, 4.69) is 22.5 Å². The number of hydrogen-bond acceptors (Lipinski definition) is 5. The number of amides is 1. The number of thioether (sulfide) groups is 1. The molecule has 1 aromatic carbocycles. The summed E-state index contributed by atoms with van der Waals surface area (Å²) in [5.41, 5.74) is 0.934. The molecule has 2 N–H and O–H groups in total. The number of nitrogens with one attached hydrogen (secondary N) is 2. The molecular weight excluding hydrogens is 441 g/mol. The minimum absolute atomic E-state index is 0. The highest BCUT2D eigenvalue weighted by Crippen LogP contribution is 2.25. The number of hydrogen-bond donors (Lipinski definition) is 2. The predicted octanol–water partition coefficient (Wildman–Crippen LogP) is 4.72. The summed E-state index contributed by atoms with van der Waals surface area (Å²) >= 11 is 7.44. The van der Waals surface area contributed by atoms with Crippen LogP contribution in [0.3, 0.4) is 0 Å². The molecule has 1 aliphatic heterocycles. The Bertz CT molecular complexity index is 742. The van der Waals surface area contributed by atoms with Gasteiger partial charge in [-0.05, 0) is 57.5 Å². The van der Waals surface area contributed by atoms with Gasteiger partial charge in [0.15, 0.2) is 5.76 Å². The van der Waals surface area contributed by atoms with Gasteiger partial charge in [0.05, 0.1) is 17.2 Å². The van der Waals surface area contributed by atoms with Crippen LogP contribution < -0.4 is 10.6 Å². The van der Waals surface area contributed by atoms with Gasteiger partial charge in [-0.3, -0.25) is 4.79 Å². The van der Waals surface area contributed by atoms with Gasteiger partial charge in [0.25, 0.3) is 0 Å². The van der Waals surface area contributed by atoms with Crippen LogP contribution in [-0.2, 0) is 10.5 Å². The van der Waals surface area contributed by atoms with Gasteiger partial charge < -0.3 is 15.1 Å². The van der Waals surface area contributed by atoms with Crippen molar-refractivity contribution >= 4 is 54.1 Å². The average molecular weight is 467 g/mol. The van der Waals surface area contributed by atoms with Gasteiger partial charge in [0.2, 0.25) is 11.8 Å². The van der Waals surface area contributed by atoms with Crippen molar-refractivity contribution in [2.24, 2.45) is 0 Å². The number of oxazole rings is 1. The van der Waals surface area contributed by atoms with Gasteiger partial charge in [-0.1, -0.05) is 11.6 Å². The lowest BCUT2D eigenvalue weighted by molar-refractivity contribution is -0.121. The van der Waals surface area contributed by atoms with Gasteiger partial charge in [-0.25, -0.2) is 4.98 Å². The van der Waals surface area contributed by atoms with Gasteiger partial charge in [0, 0.05) is 22.7 Å². The van der Waals surface area contributed by atoms with Crippen molar-refractivity contribution in [2.45, 2.75) is 49.8 Å². The van der Waals surface area contributed by atoms with Crippen molar-refractivity contribution in [1.29, 1.82) is 0 Å². The van der Waals surface area contributed by atoms with Crippen molar-refractivity contribution in [1.82, 2.24) is 15.6 Å². The molecule has 0 radical (unpaired) electrons. The fraction of sp³-hybridized carbons (Fsp3) is 0.474. The lowest BCUT2D eigenvalue weighted by Gasteiger charge is -2.29. The third-order valence-electron chi connectivity index (χ3n) is 4.48. The summed E-state index contributed by atoms with van der Waals surface area (Å²) < 4.78 is 5.79. The summed E-state index contributed by atoms with van der Waals surface area (Å²) in [6.07, 6.45) is 3.67. The molecule has 9 heteroatoms. The topological polar surface area (TPSA) is 67.2 Å². The molecule has 1 aromatic heterocycles. The third-order valence-corrected chi connectivity index (χ3v) is 5.86. The average Bonchev–Trinajstić information content (AvgIpc) is 3.09. The van der Waals surface area contributed by atoms with E-state index in [9.17, 15) is 4.79 Å². The molecule has 28 heavy (non-hydrogen) atoms. The first kappa shape index (κ1) is 25.1. The second-order valence-electron chi connectivity index (χ2n) is 6.66. The van der Waals surface area contributed by atoms with Crippen LogP contribution in [-0.4, -0.2) is 34.8 Å². The largest absolute Gasteiger partial charge is 0.440 e. The SMILES string of the molecule is CC1CC(NC(=O)C(C)SCc2ncc(-c3ccc(Cl)cc3)o2)CCN1.Cl.Cl. The van der Waals surface area contributed by atoms with E-state index in [-0.39, 0.29) is 42.0 Å². The number of halogens is 3. The first-order valence-electron chi connectivity index (χ1n) is 8.87. The molecule has 2 heterocycles. The maximum atomic E-state index is 12.4. The Morgan fingerprint density at radius 2 is 2.11 bits per heavy atom. The third kappa shape index (κ3) is 7.16. The molecule has 0 saturated carbocycles. The summed E-state index contributed by atoms with van der Waals surface area (Å²) in [7, 11) is 0. The highest BCUT2D eigenvalue weighted by Gasteiger charge is 2.23. The Hall–Kier alpha value is -0.920. The van der Waals surface area contributed by atoms with Crippen molar-refractivity contribution in [3.63, 3.8) is 0 Å². The van der Waals surface area contributed by atoms with Crippen molar-refractivity contribution in [2.75, 3.05) is 6.54 Å². The molecule has 5 nitrogen and oxygen atoms in total. The first-order chi connectivity index (χ1) is 12.5. The quantitative estimate of drug-likeness (QED) is 0.645. The van der Waals surface area contributed by atoms with Crippen LogP contribution in [0.25, 0.3) is 11.3 Å². The van der Waals surface area contributed by atoms with Crippen LogP contribution in [0.15, 0.2) is 34.9 Å². The normalized spacial score (nSPS) is 19.8. The van der Waals surface area contributed by atoms with Crippen LogP contribution >= 0.6 is 48.2 Å². The van der Waals surface area contributed by atoms with E-state index in [1.54, 1.807) is 6.20 Å². The maximum Gasteiger partial charge on any atom is 0.233 e. The molecule has 1 aliphatic rings. The molecule has 1 amide bonds. The zero-order valence-corrected chi connectivity index (χ0v) is 19.0. The Morgan fingerprint density at radius 1 is 1.39 bits per heavy atom. The van der Waals surface area contributed by atoms with E-state index in [4.69, 9.17) is 16.0 Å².